The predicted molar refractivity (Wildman–Crippen MR) is 78.8 cm³/mol. The molecular formula is C11H16N6O3S. The van der Waals surface area contributed by atoms with Gasteiger partial charge in [0.1, 0.15) is 17.8 Å². The van der Waals surface area contributed by atoms with Gasteiger partial charge in [0, 0.05) is 7.05 Å². The van der Waals surface area contributed by atoms with Gasteiger partial charge in [-0.25, -0.2) is 15.0 Å². The lowest BCUT2D eigenvalue weighted by atomic mass is 10.1. The Morgan fingerprint density at radius 2 is 2.14 bits per heavy atom. The highest BCUT2D eigenvalue weighted by atomic mass is 32.2. The molecule has 1 aliphatic heterocycles. The number of aromatic nitrogens is 4. The van der Waals surface area contributed by atoms with Crippen LogP contribution >= 0.6 is 11.8 Å². The van der Waals surface area contributed by atoms with Gasteiger partial charge in [-0.2, -0.15) is 0 Å². The molecule has 0 aromatic carbocycles. The average Bonchev–Trinajstić information content (AvgIpc) is 2.99. The summed E-state index contributed by atoms with van der Waals surface area (Å²) in [5.41, 5.74) is 6.69. The number of rotatable bonds is 3. The first-order valence-corrected chi connectivity index (χ1v) is 7.31. The number of nitrogens with two attached hydrogens (primary N) is 1. The smallest absolute Gasteiger partial charge is 0.206 e. The third-order valence-corrected chi connectivity index (χ3v) is 5.05. The number of hydrogen-bond acceptors (Lipinski definition) is 9. The van der Waals surface area contributed by atoms with E-state index in [0.717, 1.165) is 0 Å². The monoisotopic (exact) mass is 312 g/mol. The maximum atomic E-state index is 10.2. The lowest BCUT2D eigenvalue weighted by Crippen LogP contribution is -2.33. The molecule has 1 saturated heterocycles. The number of nitrogens with one attached hydrogen (secondary N) is 1. The molecule has 0 aliphatic carbocycles. The fraction of sp³-hybridized carbons (Fsp3) is 0.545. The third-order valence-electron chi connectivity index (χ3n) is 3.50. The van der Waals surface area contributed by atoms with Gasteiger partial charge in [-0.15, -0.1) is 11.8 Å². The van der Waals surface area contributed by atoms with E-state index in [0.29, 0.717) is 17.1 Å². The summed E-state index contributed by atoms with van der Waals surface area (Å²) in [7, 11) is 1.69. The quantitative estimate of drug-likeness (QED) is 0.471. The topological polar surface area (TPSA) is 142 Å². The van der Waals surface area contributed by atoms with Crippen LogP contribution in [0.2, 0.25) is 0 Å². The van der Waals surface area contributed by atoms with Crippen LogP contribution in [-0.2, 0) is 0 Å². The summed E-state index contributed by atoms with van der Waals surface area (Å²) in [6.45, 7) is -0.224. The Kier molecular flexibility index (Phi) is 3.61. The van der Waals surface area contributed by atoms with E-state index in [1.54, 1.807) is 11.6 Å². The molecule has 4 atom stereocenters. The van der Waals surface area contributed by atoms with E-state index >= 15 is 0 Å². The number of thioether (sulfide) groups is 1. The van der Waals surface area contributed by atoms with Crippen molar-refractivity contribution in [2.24, 2.45) is 0 Å². The van der Waals surface area contributed by atoms with E-state index in [2.05, 4.69) is 20.3 Å². The van der Waals surface area contributed by atoms with Crippen molar-refractivity contribution in [3.63, 3.8) is 0 Å². The number of nitrogen functional groups attached to an aromatic ring is 1. The average molecular weight is 312 g/mol. The second kappa shape index (κ2) is 5.30. The highest BCUT2D eigenvalue weighted by Gasteiger charge is 2.44. The lowest BCUT2D eigenvalue weighted by molar-refractivity contribution is 0.0115. The molecule has 3 rings (SSSR count). The largest absolute Gasteiger partial charge is 0.395 e. The van der Waals surface area contributed by atoms with Gasteiger partial charge < -0.3 is 26.4 Å². The molecule has 1 aliphatic rings. The van der Waals surface area contributed by atoms with Crippen molar-refractivity contribution in [2.75, 3.05) is 24.7 Å². The number of nitrogens with zero attached hydrogens (tertiary/aromatic N) is 4. The van der Waals surface area contributed by atoms with Crippen LogP contribution in [0.15, 0.2) is 6.33 Å². The maximum absolute atomic E-state index is 10.2. The van der Waals surface area contributed by atoms with Crippen molar-refractivity contribution in [1.29, 1.82) is 0 Å². The molecule has 0 amide bonds. The molecule has 0 saturated carbocycles. The summed E-state index contributed by atoms with van der Waals surface area (Å²) in [6.07, 6.45) is -0.750. The van der Waals surface area contributed by atoms with Crippen LogP contribution in [0, 0.1) is 0 Å². The summed E-state index contributed by atoms with van der Waals surface area (Å²) in [5, 5.41) is 31.4. The van der Waals surface area contributed by atoms with E-state index in [1.807, 2.05) is 0 Å². The van der Waals surface area contributed by atoms with Crippen LogP contribution in [0.1, 0.15) is 5.37 Å². The van der Waals surface area contributed by atoms with Crippen LogP contribution in [0.4, 0.5) is 11.8 Å². The molecule has 3 heterocycles. The predicted octanol–water partition coefficient (Wildman–Crippen LogP) is -1.22. The zero-order chi connectivity index (χ0) is 15.1. The standard InChI is InChI=1S/C11H16N6O3S/c1-13-11-16-5-8(12)14-3-15-9(5)17(11)10-7(20)6(19)4(2-18)21-10/h3-4,6-7,10,18-20H,2H2,1H3,(H,13,16)(H2,12,14,15)/t4-,6-,7-,10-/m1/s1. The molecule has 0 spiro atoms. The molecule has 10 heteroatoms. The van der Waals surface area contributed by atoms with Crippen molar-refractivity contribution < 1.29 is 15.3 Å². The van der Waals surface area contributed by atoms with Crippen molar-refractivity contribution in [3.8, 4) is 0 Å². The van der Waals surface area contributed by atoms with Gasteiger partial charge in [0.25, 0.3) is 0 Å². The number of fused-ring (bicyclic) bond motifs is 1. The molecule has 9 nitrogen and oxygen atoms in total. The van der Waals surface area contributed by atoms with Gasteiger partial charge in [0.15, 0.2) is 17.0 Å². The Hall–Kier alpha value is -1.62. The number of imidazole rings is 1. The molecule has 21 heavy (non-hydrogen) atoms. The third kappa shape index (κ3) is 2.11. The van der Waals surface area contributed by atoms with E-state index in [-0.39, 0.29) is 12.4 Å². The molecule has 2 aromatic rings. The first kappa shape index (κ1) is 14.3. The zero-order valence-corrected chi connectivity index (χ0v) is 12.0. The second-order valence-corrected chi connectivity index (χ2v) is 6.08. The zero-order valence-electron chi connectivity index (χ0n) is 11.2. The van der Waals surface area contributed by atoms with Crippen LogP contribution < -0.4 is 11.1 Å². The van der Waals surface area contributed by atoms with E-state index in [9.17, 15) is 15.3 Å². The molecule has 6 N–H and O–H groups in total. The number of aliphatic hydroxyl groups excluding tert-OH is 3. The summed E-state index contributed by atoms with van der Waals surface area (Å²) in [6, 6.07) is 0. The normalized spacial score (nSPS) is 29.1. The lowest BCUT2D eigenvalue weighted by Gasteiger charge is -2.19. The van der Waals surface area contributed by atoms with Crippen LogP contribution in [0.25, 0.3) is 11.2 Å². The summed E-state index contributed by atoms with van der Waals surface area (Å²) in [5.74, 6) is 0.700. The summed E-state index contributed by atoms with van der Waals surface area (Å²) in [4.78, 5) is 12.4. The Morgan fingerprint density at radius 3 is 2.76 bits per heavy atom. The molecule has 2 aromatic heterocycles. The minimum Gasteiger partial charge on any atom is -0.395 e. The van der Waals surface area contributed by atoms with E-state index in [1.165, 1.54) is 18.1 Å². The van der Waals surface area contributed by atoms with Crippen molar-refractivity contribution in [2.45, 2.75) is 22.8 Å². The van der Waals surface area contributed by atoms with E-state index in [4.69, 9.17) is 5.73 Å². The Labute approximate surface area is 124 Å². The van der Waals surface area contributed by atoms with Crippen molar-refractivity contribution in [1.82, 2.24) is 19.5 Å². The highest BCUT2D eigenvalue weighted by Crippen LogP contribution is 2.44. The van der Waals surface area contributed by atoms with Gasteiger partial charge in [-0.3, -0.25) is 4.57 Å². The number of aliphatic hydroxyl groups is 3. The minimum atomic E-state index is -1.05. The fourth-order valence-electron chi connectivity index (χ4n) is 2.44. The minimum absolute atomic E-state index is 0.224. The van der Waals surface area contributed by atoms with Crippen LogP contribution in [-0.4, -0.2) is 66.0 Å². The van der Waals surface area contributed by atoms with Crippen LogP contribution in [0.3, 0.4) is 0 Å². The van der Waals surface area contributed by atoms with Gasteiger partial charge in [0.05, 0.1) is 18.0 Å². The fourth-order valence-corrected chi connectivity index (χ4v) is 3.85. The molecule has 114 valence electrons. The maximum Gasteiger partial charge on any atom is 0.206 e. The Bertz CT molecular complexity index is 665. The van der Waals surface area contributed by atoms with Crippen molar-refractivity contribution >= 4 is 34.7 Å². The van der Waals surface area contributed by atoms with Crippen LogP contribution in [0.5, 0.6) is 0 Å². The Morgan fingerprint density at radius 1 is 1.38 bits per heavy atom. The van der Waals surface area contributed by atoms with Gasteiger partial charge >= 0.3 is 0 Å². The van der Waals surface area contributed by atoms with Crippen molar-refractivity contribution in [3.05, 3.63) is 6.33 Å². The summed E-state index contributed by atoms with van der Waals surface area (Å²) < 4.78 is 1.67. The van der Waals surface area contributed by atoms with E-state index < -0.39 is 22.8 Å². The summed E-state index contributed by atoms with van der Waals surface area (Å²) >= 11 is 1.27. The second-order valence-electron chi connectivity index (χ2n) is 4.72. The first-order chi connectivity index (χ1) is 10.1. The number of anilines is 2. The first-order valence-electron chi connectivity index (χ1n) is 6.37. The SMILES string of the molecule is CNc1nc2c(N)ncnc2n1[C@@H]1S[C@H](CO)[C@@H](O)[C@H]1O. The molecule has 0 radical (unpaired) electrons. The molecular weight excluding hydrogens is 296 g/mol. The van der Waals surface area contributed by atoms with Gasteiger partial charge in [-0.1, -0.05) is 0 Å². The van der Waals surface area contributed by atoms with Gasteiger partial charge in [-0.05, 0) is 0 Å². The van der Waals surface area contributed by atoms with Gasteiger partial charge in [0.2, 0.25) is 5.95 Å². The highest BCUT2D eigenvalue weighted by molar-refractivity contribution is 8.00. The molecule has 1 fully saturated rings. The molecule has 0 bridgehead atoms. The number of hydrogen-bond donors (Lipinski definition) is 5. The molecule has 0 unspecified atom stereocenters. The Balaban J connectivity index is 2.14.